The van der Waals surface area contributed by atoms with Gasteiger partial charge in [0.2, 0.25) is 0 Å². The summed E-state index contributed by atoms with van der Waals surface area (Å²) in [7, 11) is 0. The van der Waals surface area contributed by atoms with Crippen molar-refractivity contribution in [3.8, 4) is 0 Å². The summed E-state index contributed by atoms with van der Waals surface area (Å²) < 4.78 is 32.8. The van der Waals surface area contributed by atoms with E-state index in [1.54, 1.807) is 32.6 Å². The smallest absolute Gasteiger partial charge is 0.413 e. The number of alkyl carbamates (subject to hydrolysis) is 1. The first kappa shape index (κ1) is 42.9. The second-order valence-electron chi connectivity index (χ2n) is 14.8. The Labute approximate surface area is 324 Å². The number of rotatable bonds is 18. The lowest BCUT2D eigenvalue weighted by atomic mass is 9.97. The van der Waals surface area contributed by atoms with E-state index in [0.717, 1.165) is 27.6 Å². The van der Waals surface area contributed by atoms with Crippen LogP contribution in [0.15, 0.2) is 66.7 Å². The first-order valence-corrected chi connectivity index (χ1v) is 19.0. The first-order valence-electron chi connectivity index (χ1n) is 19.0. The van der Waals surface area contributed by atoms with E-state index < -0.39 is 30.0 Å². The molecule has 1 fully saturated rings. The number of benzene rings is 3. The van der Waals surface area contributed by atoms with Crippen molar-refractivity contribution < 1.29 is 47.6 Å². The molecule has 2 amide bonds. The lowest BCUT2D eigenvalue weighted by Crippen LogP contribution is -2.46. The van der Waals surface area contributed by atoms with Crippen LogP contribution in [0.1, 0.15) is 72.1 Å². The summed E-state index contributed by atoms with van der Waals surface area (Å²) >= 11 is 0. The zero-order chi connectivity index (χ0) is 40.0. The van der Waals surface area contributed by atoms with Crippen molar-refractivity contribution in [1.82, 2.24) is 10.2 Å². The minimum atomic E-state index is -1.15. The zero-order valence-electron chi connectivity index (χ0n) is 33.2. The monoisotopic (exact) mass is 763 g/mol. The molecule has 1 aliphatic rings. The standard InChI is InChI=1S/C42H57N3O10/c1-8-52-37(46)26-31-16-18-33(19-17-31)44-22-20-34(27-44)45(30(4)35-15-11-13-32-12-9-10-14-36(32)35)41(49)54-39(29(2)3)53-38(47)28-51-25-24-50-23-21-43-40(48)55-42(5,6)7/h9-19,29-30,34,39H,8,20-28H2,1-7H3,(H,43,48)/t30-,34+,39?/m1/s1. The Morgan fingerprint density at radius 3 is 2.29 bits per heavy atom. The Kier molecular flexibility index (Phi) is 16.1. The molecular weight excluding hydrogens is 706 g/mol. The molecule has 13 heteroatoms. The highest BCUT2D eigenvalue weighted by Gasteiger charge is 2.38. The van der Waals surface area contributed by atoms with Gasteiger partial charge in [0.05, 0.1) is 44.9 Å². The van der Waals surface area contributed by atoms with Gasteiger partial charge in [0.15, 0.2) is 0 Å². The van der Waals surface area contributed by atoms with Crippen LogP contribution in [0.4, 0.5) is 15.3 Å². The highest BCUT2D eigenvalue weighted by Crippen LogP contribution is 2.34. The van der Waals surface area contributed by atoms with Gasteiger partial charge in [-0.2, -0.15) is 0 Å². The number of fused-ring (bicyclic) bond motifs is 1. The third-order valence-electron chi connectivity index (χ3n) is 8.93. The van der Waals surface area contributed by atoms with Crippen LogP contribution in [0.5, 0.6) is 0 Å². The van der Waals surface area contributed by atoms with Gasteiger partial charge in [-0.05, 0) is 75.1 Å². The van der Waals surface area contributed by atoms with E-state index in [-0.39, 0.29) is 63.4 Å². The molecule has 3 atom stereocenters. The first-order chi connectivity index (χ1) is 26.3. The van der Waals surface area contributed by atoms with Crippen molar-refractivity contribution in [2.24, 2.45) is 5.92 Å². The SMILES string of the molecule is CCOC(=O)Cc1ccc(N2CC[C@H](N(C(=O)OC(OC(=O)COCCOCCNC(=O)OC(C)(C)C)C(C)C)[C@H](C)c3cccc4ccccc34)C2)cc1. The van der Waals surface area contributed by atoms with Crippen LogP contribution in [0.2, 0.25) is 0 Å². The molecule has 1 N–H and O–H groups in total. The maximum absolute atomic E-state index is 14.3. The molecule has 0 aromatic heterocycles. The van der Waals surface area contributed by atoms with Crippen LogP contribution in [0, 0.1) is 5.92 Å². The van der Waals surface area contributed by atoms with Crippen LogP contribution in [0.3, 0.4) is 0 Å². The number of nitrogens with zero attached hydrogens (tertiary/aromatic N) is 2. The Hall–Kier alpha value is -4.88. The van der Waals surface area contributed by atoms with Gasteiger partial charge in [-0.1, -0.05) is 68.4 Å². The maximum Gasteiger partial charge on any atom is 0.413 e. The number of carbonyl (C=O) groups is 4. The summed E-state index contributed by atoms with van der Waals surface area (Å²) in [5, 5.41) is 4.70. The number of hydrogen-bond acceptors (Lipinski definition) is 11. The fourth-order valence-corrected chi connectivity index (χ4v) is 6.33. The molecule has 55 heavy (non-hydrogen) atoms. The Morgan fingerprint density at radius 2 is 1.58 bits per heavy atom. The molecule has 1 unspecified atom stereocenters. The van der Waals surface area contributed by atoms with Gasteiger partial charge in [0.25, 0.3) is 6.29 Å². The van der Waals surface area contributed by atoms with Gasteiger partial charge in [0.1, 0.15) is 12.2 Å². The van der Waals surface area contributed by atoms with Crippen LogP contribution in [0.25, 0.3) is 10.8 Å². The lowest BCUT2D eigenvalue weighted by Gasteiger charge is -2.36. The fourth-order valence-electron chi connectivity index (χ4n) is 6.33. The Bertz CT molecular complexity index is 1700. The van der Waals surface area contributed by atoms with Crippen molar-refractivity contribution in [3.05, 3.63) is 77.9 Å². The molecule has 3 aromatic carbocycles. The van der Waals surface area contributed by atoms with E-state index in [4.69, 9.17) is 28.4 Å². The molecule has 0 radical (unpaired) electrons. The van der Waals surface area contributed by atoms with Gasteiger partial charge >= 0.3 is 24.1 Å². The molecular formula is C42H57N3O10. The molecule has 0 aliphatic carbocycles. The summed E-state index contributed by atoms with van der Waals surface area (Å²) in [5.41, 5.74) is 2.24. The lowest BCUT2D eigenvalue weighted by molar-refractivity contribution is -0.182. The van der Waals surface area contributed by atoms with E-state index in [2.05, 4.69) is 10.2 Å². The van der Waals surface area contributed by atoms with Crippen molar-refractivity contribution in [3.63, 3.8) is 0 Å². The van der Waals surface area contributed by atoms with Crippen molar-refractivity contribution in [2.45, 2.75) is 85.3 Å². The molecule has 0 spiro atoms. The third-order valence-corrected chi connectivity index (χ3v) is 8.93. The number of carbonyl (C=O) groups excluding carboxylic acids is 4. The van der Waals surface area contributed by atoms with E-state index in [1.165, 1.54) is 0 Å². The highest BCUT2D eigenvalue weighted by atomic mass is 16.7. The van der Waals surface area contributed by atoms with Crippen LogP contribution in [-0.4, -0.2) is 99.6 Å². The average Bonchev–Trinajstić information content (AvgIpc) is 3.61. The number of esters is 2. The van der Waals surface area contributed by atoms with Crippen LogP contribution < -0.4 is 10.2 Å². The summed E-state index contributed by atoms with van der Waals surface area (Å²) in [4.78, 5) is 54.8. The number of anilines is 1. The van der Waals surface area contributed by atoms with Crippen LogP contribution in [-0.2, 0) is 44.4 Å². The molecule has 300 valence electrons. The largest absolute Gasteiger partial charge is 0.466 e. The molecule has 0 bridgehead atoms. The number of nitrogens with one attached hydrogen (secondary N) is 1. The quantitative estimate of drug-likeness (QED) is 0.0632. The van der Waals surface area contributed by atoms with Gasteiger partial charge in [-0.3, -0.25) is 9.69 Å². The molecule has 1 saturated heterocycles. The summed E-state index contributed by atoms with van der Waals surface area (Å²) in [6, 6.07) is 21.4. The van der Waals surface area contributed by atoms with Crippen molar-refractivity contribution in [1.29, 1.82) is 0 Å². The Morgan fingerprint density at radius 1 is 0.873 bits per heavy atom. The molecule has 1 aliphatic heterocycles. The summed E-state index contributed by atoms with van der Waals surface area (Å²) in [5.74, 6) is -1.28. The van der Waals surface area contributed by atoms with Gasteiger partial charge < -0.3 is 38.6 Å². The number of hydrogen-bond donors (Lipinski definition) is 1. The molecule has 1 heterocycles. The van der Waals surface area contributed by atoms with Crippen LogP contribution >= 0.6 is 0 Å². The normalized spacial score (nSPS) is 15.3. The summed E-state index contributed by atoms with van der Waals surface area (Å²) in [6.07, 6.45) is -1.36. The third kappa shape index (κ3) is 13.4. The van der Waals surface area contributed by atoms with Gasteiger partial charge in [0, 0.05) is 31.2 Å². The average molecular weight is 764 g/mol. The second kappa shape index (κ2) is 20.7. The number of amides is 2. The molecule has 0 saturated carbocycles. The van der Waals surface area contributed by atoms with Crippen molar-refractivity contribution >= 4 is 40.6 Å². The van der Waals surface area contributed by atoms with E-state index in [0.29, 0.717) is 26.1 Å². The summed E-state index contributed by atoms with van der Waals surface area (Å²) in [6.45, 7) is 14.8. The molecule has 4 rings (SSSR count). The topological polar surface area (TPSA) is 142 Å². The predicted molar refractivity (Wildman–Crippen MR) is 209 cm³/mol. The Balaban J connectivity index is 1.38. The van der Waals surface area contributed by atoms with E-state index >= 15 is 0 Å². The highest BCUT2D eigenvalue weighted by molar-refractivity contribution is 5.86. The minimum Gasteiger partial charge on any atom is -0.466 e. The minimum absolute atomic E-state index is 0.121. The molecule has 13 nitrogen and oxygen atoms in total. The van der Waals surface area contributed by atoms with Gasteiger partial charge in [-0.15, -0.1) is 0 Å². The number of ether oxygens (including phenoxy) is 6. The predicted octanol–water partition coefficient (Wildman–Crippen LogP) is 6.81. The van der Waals surface area contributed by atoms with Gasteiger partial charge in [-0.25, -0.2) is 14.4 Å². The fraction of sp³-hybridized carbons (Fsp3) is 0.524. The van der Waals surface area contributed by atoms with E-state index in [9.17, 15) is 19.2 Å². The van der Waals surface area contributed by atoms with E-state index in [1.807, 2.05) is 87.5 Å². The van der Waals surface area contributed by atoms with Crippen molar-refractivity contribution in [2.75, 3.05) is 57.6 Å². The second-order valence-corrected chi connectivity index (χ2v) is 14.8. The molecule has 3 aromatic rings. The maximum atomic E-state index is 14.3. The zero-order valence-corrected chi connectivity index (χ0v) is 33.2.